The molecule has 0 atom stereocenters. The van der Waals surface area contributed by atoms with Crippen molar-refractivity contribution in [1.29, 1.82) is 0 Å². The summed E-state index contributed by atoms with van der Waals surface area (Å²) in [5.41, 5.74) is 15.0. The van der Waals surface area contributed by atoms with Crippen LogP contribution in [0.4, 0.5) is 0 Å². The second-order valence-corrected chi connectivity index (χ2v) is 50.3. The van der Waals surface area contributed by atoms with E-state index in [1.165, 1.54) is 124 Å². The molecule has 6 aromatic heterocycles. The normalized spacial score (nSPS) is 11.2. The summed E-state index contributed by atoms with van der Waals surface area (Å²) in [6.07, 6.45) is 12.8. The molecule has 0 spiro atoms. The average molecular weight is 2240 g/mol. The van der Waals surface area contributed by atoms with Crippen molar-refractivity contribution in [2.75, 3.05) is 0 Å². The molecule has 6 nitrogen and oxygen atoms in total. The molecule has 0 bridgehead atoms. The van der Waals surface area contributed by atoms with Gasteiger partial charge in [0, 0.05) is 97.5 Å². The van der Waals surface area contributed by atoms with Crippen LogP contribution in [0, 0.1) is 49.2 Å². The number of pyridine rings is 6. The Labute approximate surface area is 797 Å². The second-order valence-electron chi connectivity index (χ2n) is 35.2. The fourth-order valence-electron chi connectivity index (χ4n) is 16.6. The fraction of sp³-hybridized carbons (Fsp3) is 0.121. The number of benzene rings is 15. The maximum atomic E-state index is 4.94. The first-order valence-corrected chi connectivity index (χ1v) is 53.5. The molecule has 15 aromatic carbocycles. The zero-order chi connectivity index (χ0) is 86.6. The monoisotopic (exact) mass is 2240 g/mol. The van der Waals surface area contributed by atoms with Crippen molar-refractivity contribution >= 4 is 137 Å². The number of rotatable bonds is 11. The van der Waals surface area contributed by atoms with Gasteiger partial charge in [-0.05, 0) is 136 Å². The Kier molecular flexibility index (Phi) is 31.0. The summed E-state index contributed by atoms with van der Waals surface area (Å²) in [6, 6.07) is 135. The van der Waals surface area contributed by atoms with Crippen LogP contribution in [0.3, 0.4) is 0 Å². The van der Waals surface area contributed by atoms with Gasteiger partial charge in [-0.1, -0.05) is 339 Å². The molecule has 0 fully saturated rings. The minimum Gasteiger partial charge on any atom is -0.305 e. The van der Waals surface area contributed by atoms with E-state index in [0.29, 0.717) is 5.92 Å². The minimum absolute atomic E-state index is 0. The second kappa shape index (κ2) is 42.4. The van der Waals surface area contributed by atoms with Crippen molar-refractivity contribution in [2.45, 2.75) is 86.1 Å². The summed E-state index contributed by atoms with van der Waals surface area (Å²) < 4.78 is 0. The van der Waals surface area contributed by atoms with Crippen molar-refractivity contribution in [3.63, 3.8) is 0 Å². The number of aromatic nitrogens is 6. The van der Waals surface area contributed by atoms with Crippen LogP contribution in [-0.2, 0) is 66.7 Å². The van der Waals surface area contributed by atoms with Crippen LogP contribution in [0.15, 0.2) is 371 Å². The van der Waals surface area contributed by atoms with Gasteiger partial charge in [-0.3, -0.25) is 0 Å². The Hall–Kier alpha value is -11.9. The molecule has 0 saturated heterocycles. The van der Waals surface area contributed by atoms with Crippen molar-refractivity contribution < 1.29 is 60.3 Å². The van der Waals surface area contributed by atoms with Crippen LogP contribution in [0.2, 0.25) is 58.9 Å². The van der Waals surface area contributed by atoms with E-state index in [0.717, 1.165) is 74.0 Å². The van der Waals surface area contributed by atoms with Gasteiger partial charge in [0.05, 0.1) is 24.2 Å². The molecule has 0 amide bonds. The quantitative estimate of drug-likeness (QED) is 0.0729. The van der Waals surface area contributed by atoms with Gasteiger partial charge in [0.1, 0.15) is 0 Å². The molecule has 0 unspecified atom stereocenters. The first-order chi connectivity index (χ1) is 60.7. The molecule has 639 valence electrons. The smallest absolute Gasteiger partial charge is 0.0798 e. The molecule has 12 heteroatoms. The predicted octanol–water partition coefficient (Wildman–Crippen LogP) is 28.8. The van der Waals surface area contributed by atoms with E-state index in [1.54, 1.807) is 18.6 Å². The van der Waals surface area contributed by atoms with E-state index in [1.807, 2.05) is 127 Å². The Morgan fingerprint density at radius 2 is 0.523 bits per heavy atom. The van der Waals surface area contributed by atoms with Gasteiger partial charge in [0.15, 0.2) is 0 Å². The number of fused-ring (bicyclic) bond motifs is 18. The maximum Gasteiger partial charge on any atom is 0.0798 e. The van der Waals surface area contributed by atoms with Crippen LogP contribution in [0.25, 0.3) is 164 Å². The Morgan fingerprint density at radius 1 is 0.242 bits per heavy atom. The summed E-state index contributed by atoms with van der Waals surface area (Å²) in [5.74, 6) is 0.622. The number of aryl methyl sites for hydroxylation is 1. The third kappa shape index (κ3) is 21.8. The predicted molar refractivity (Wildman–Crippen MR) is 541 cm³/mol. The summed E-state index contributed by atoms with van der Waals surface area (Å²) in [5, 5.41) is 27.3. The van der Waals surface area contributed by atoms with E-state index in [4.69, 9.17) is 15.0 Å². The molecular formula is C116H100Ir3N6Si3-6. The molecule has 0 N–H and O–H groups in total. The summed E-state index contributed by atoms with van der Waals surface area (Å²) in [7, 11) is -4.18. The third-order valence-electron chi connectivity index (χ3n) is 22.8. The van der Waals surface area contributed by atoms with Gasteiger partial charge >= 0.3 is 0 Å². The van der Waals surface area contributed by atoms with Gasteiger partial charge in [0.2, 0.25) is 0 Å². The number of hydrogen-bond donors (Lipinski definition) is 0. The molecule has 0 saturated carbocycles. The molecule has 21 rings (SSSR count). The molecule has 3 radical (unpaired) electrons. The molecule has 128 heavy (non-hydrogen) atoms. The molecule has 0 aliphatic rings. The largest absolute Gasteiger partial charge is 0.305 e. The molecule has 6 heterocycles. The van der Waals surface area contributed by atoms with Gasteiger partial charge < -0.3 is 29.9 Å². The SMILES string of the molecule is CC(C)Cc1cc(-c2[c-]cc3c4ccccc4c4ccccc4c3c2)ncc1[Si](C)(C)C.C[Si](C)(C)c1ccc(-c2[c-]cc3c4ccccc4c4ccccc4c3c2)nc1.Cc1cc(-c2[c-]cc3c4ccccc4c4ccccc4c3c2)ncc1[Si](C)(C)C.[Ir].[Ir].[Ir].[c-]1ccccc1-c1ccccn1.[c-]1ccccc1-c1ccccn1.[c-]1ccccc1-c1ccccn1. The summed E-state index contributed by atoms with van der Waals surface area (Å²) in [4.78, 5) is 27.2. The Bertz CT molecular complexity index is 6940. The van der Waals surface area contributed by atoms with Crippen LogP contribution >= 0.6 is 0 Å². The Balaban J connectivity index is 0.000000136. The van der Waals surface area contributed by atoms with Crippen molar-refractivity contribution in [3.8, 4) is 67.5 Å². The maximum absolute atomic E-state index is 4.94. The van der Waals surface area contributed by atoms with E-state index >= 15 is 0 Å². The van der Waals surface area contributed by atoms with E-state index in [9.17, 15) is 0 Å². The first kappa shape index (κ1) is 93.8. The van der Waals surface area contributed by atoms with Crippen molar-refractivity contribution in [3.05, 3.63) is 418 Å². The molecule has 21 aromatic rings. The summed E-state index contributed by atoms with van der Waals surface area (Å²) >= 11 is 0. The average Bonchev–Trinajstić information content (AvgIpc) is 0.744. The van der Waals surface area contributed by atoms with Crippen LogP contribution in [0.1, 0.15) is 25.0 Å². The van der Waals surface area contributed by atoms with Crippen LogP contribution < -0.4 is 15.6 Å². The minimum atomic E-state index is -1.45. The van der Waals surface area contributed by atoms with Gasteiger partial charge in [-0.2, -0.15) is 0 Å². The Morgan fingerprint density at radius 3 is 0.797 bits per heavy atom. The van der Waals surface area contributed by atoms with E-state index < -0.39 is 24.2 Å². The van der Waals surface area contributed by atoms with Crippen molar-refractivity contribution in [1.82, 2.24) is 29.9 Å². The van der Waals surface area contributed by atoms with E-state index in [2.05, 4.69) is 356 Å². The number of hydrogen-bond acceptors (Lipinski definition) is 6. The molecule has 0 aliphatic carbocycles. The standard InChI is InChI=1S/C30H30NSi.C27H24NSi.C26H22NSi.3C11H8N.3Ir/c1-20(2)16-22-18-29(31-19-30(22)32(3,4)5)21-14-15-27-25-12-7-6-10-23(25)24-11-8-9-13-26(24)28(27)17-21;1-18-15-26(28-17-27(18)29(2,3)4)19-13-14-24-22-11-6-5-9-20(22)21-10-7-8-12-23(21)25(24)16-19;1-28(2,3)19-13-15-26(27-17-19)18-12-14-24-22-10-5-4-8-20(22)21-9-6-7-11-23(21)25(24)16-18;3*1-2-6-10(7-3-1)11-8-4-5-9-12-11;;;/h6-13,15,17-20H,16H2,1-5H3;5-12,14-17H,1-4H3;4-11,13-17H,1-3H3;3*1-6,8-9H;;;/q6*-1;;;. The molecule has 0 aliphatic heterocycles. The zero-order valence-corrected chi connectivity index (χ0v) is 84.4. The first-order valence-electron chi connectivity index (χ1n) is 43.0. The van der Waals surface area contributed by atoms with Gasteiger partial charge in [-0.25, -0.2) is 0 Å². The zero-order valence-electron chi connectivity index (χ0n) is 74.2. The fourth-order valence-corrected chi connectivity index (χ4v) is 20.9. The van der Waals surface area contributed by atoms with Crippen LogP contribution in [-0.4, -0.2) is 54.1 Å². The van der Waals surface area contributed by atoms with Crippen molar-refractivity contribution in [2.24, 2.45) is 5.92 Å². The number of nitrogens with zero attached hydrogens (tertiary/aromatic N) is 6. The summed E-state index contributed by atoms with van der Waals surface area (Å²) in [6.45, 7) is 28.2. The van der Waals surface area contributed by atoms with Gasteiger partial charge in [-0.15, -0.1) is 179 Å². The van der Waals surface area contributed by atoms with Crippen LogP contribution in [0.5, 0.6) is 0 Å². The van der Waals surface area contributed by atoms with E-state index in [-0.39, 0.29) is 60.3 Å². The third-order valence-corrected chi connectivity index (χ3v) is 29.0. The molecular weight excluding hydrogens is 2140 g/mol. The topological polar surface area (TPSA) is 77.3 Å². The van der Waals surface area contributed by atoms with Gasteiger partial charge in [0.25, 0.3) is 0 Å².